The number of aromatic nitrogens is 2. The lowest BCUT2D eigenvalue weighted by Gasteiger charge is -2.34. The Morgan fingerprint density at radius 3 is 2.50 bits per heavy atom. The summed E-state index contributed by atoms with van der Waals surface area (Å²) in [6.45, 7) is 6.16. The highest BCUT2D eigenvalue weighted by molar-refractivity contribution is 5.95. The summed E-state index contributed by atoms with van der Waals surface area (Å²) in [6.07, 6.45) is 6.15. The number of benzene rings is 1. The molecule has 1 fully saturated rings. The fourth-order valence-electron chi connectivity index (χ4n) is 3.02. The van der Waals surface area contributed by atoms with Gasteiger partial charge in [-0.15, -0.1) is 0 Å². The molecule has 1 aromatic carbocycles. The highest BCUT2D eigenvalue weighted by atomic mass is 16.2. The second kappa shape index (κ2) is 7.45. The third kappa shape index (κ3) is 3.92. The molecule has 2 aromatic rings. The van der Waals surface area contributed by atoms with Crippen LogP contribution in [0.1, 0.15) is 21.6 Å². The van der Waals surface area contributed by atoms with Crippen LogP contribution in [0.25, 0.3) is 6.08 Å². The fraction of sp³-hybridized carbons (Fsp3) is 0.368. The lowest BCUT2D eigenvalue weighted by Crippen LogP contribution is -2.48. The normalized spacial score (nSPS) is 16.0. The van der Waals surface area contributed by atoms with E-state index in [9.17, 15) is 4.79 Å². The van der Waals surface area contributed by atoms with E-state index in [-0.39, 0.29) is 5.91 Å². The largest absolute Gasteiger partial charge is 0.336 e. The van der Waals surface area contributed by atoms with Gasteiger partial charge in [0.1, 0.15) is 0 Å². The predicted octanol–water partition coefficient (Wildman–Crippen LogP) is 2.20. The molecule has 0 unspecified atom stereocenters. The molecular weight excluding hydrogens is 300 g/mol. The van der Waals surface area contributed by atoms with Gasteiger partial charge in [-0.05, 0) is 12.5 Å². The third-order valence-corrected chi connectivity index (χ3v) is 4.38. The SMILES string of the molecule is Cc1nn(C)cc1C(=O)N1CCN(C/C=C/c2ccccc2)CC1. The Labute approximate surface area is 143 Å². The summed E-state index contributed by atoms with van der Waals surface area (Å²) < 4.78 is 1.70. The molecule has 1 aliphatic heterocycles. The molecule has 1 aromatic heterocycles. The predicted molar refractivity (Wildman–Crippen MR) is 95.8 cm³/mol. The summed E-state index contributed by atoms with van der Waals surface area (Å²) in [5.74, 6) is 0.0973. The van der Waals surface area contributed by atoms with Gasteiger partial charge in [-0.1, -0.05) is 42.5 Å². The average molecular weight is 324 g/mol. The van der Waals surface area contributed by atoms with Crippen molar-refractivity contribution in [3.63, 3.8) is 0 Å². The first-order chi connectivity index (χ1) is 11.6. The monoisotopic (exact) mass is 324 g/mol. The van der Waals surface area contributed by atoms with E-state index in [1.54, 1.807) is 4.68 Å². The van der Waals surface area contributed by atoms with Gasteiger partial charge in [-0.25, -0.2) is 0 Å². The van der Waals surface area contributed by atoms with Gasteiger partial charge < -0.3 is 4.90 Å². The maximum atomic E-state index is 12.6. The molecule has 0 radical (unpaired) electrons. The van der Waals surface area contributed by atoms with Crippen molar-refractivity contribution in [2.45, 2.75) is 6.92 Å². The van der Waals surface area contributed by atoms with Crippen molar-refractivity contribution < 1.29 is 4.79 Å². The van der Waals surface area contributed by atoms with Crippen LogP contribution in [-0.4, -0.2) is 58.2 Å². The molecule has 0 atom stereocenters. The molecule has 1 saturated heterocycles. The van der Waals surface area contributed by atoms with E-state index in [1.807, 2.05) is 43.3 Å². The molecule has 0 spiro atoms. The van der Waals surface area contributed by atoms with Gasteiger partial charge in [-0.3, -0.25) is 14.4 Å². The number of piperazine rings is 1. The highest BCUT2D eigenvalue weighted by Crippen LogP contribution is 2.12. The van der Waals surface area contributed by atoms with Crippen molar-refractivity contribution in [3.05, 3.63) is 59.4 Å². The van der Waals surface area contributed by atoms with Gasteiger partial charge in [0.2, 0.25) is 0 Å². The highest BCUT2D eigenvalue weighted by Gasteiger charge is 2.23. The van der Waals surface area contributed by atoms with E-state index >= 15 is 0 Å². The van der Waals surface area contributed by atoms with Crippen LogP contribution in [0, 0.1) is 6.92 Å². The zero-order valence-corrected chi connectivity index (χ0v) is 14.4. The van der Waals surface area contributed by atoms with Crippen molar-refractivity contribution in [1.82, 2.24) is 19.6 Å². The molecule has 0 saturated carbocycles. The van der Waals surface area contributed by atoms with Gasteiger partial charge in [0.25, 0.3) is 5.91 Å². The number of hydrogen-bond acceptors (Lipinski definition) is 3. The molecule has 2 heterocycles. The Morgan fingerprint density at radius 1 is 1.17 bits per heavy atom. The summed E-state index contributed by atoms with van der Waals surface area (Å²) in [7, 11) is 1.85. The maximum absolute atomic E-state index is 12.6. The van der Waals surface area contributed by atoms with Crippen LogP contribution >= 0.6 is 0 Å². The van der Waals surface area contributed by atoms with E-state index in [0.717, 1.165) is 44.0 Å². The van der Waals surface area contributed by atoms with Crippen LogP contribution in [0.3, 0.4) is 0 Å². The van der Waals surface area contributed by atoms with E-state index in [4.69, 9.17) is 0 Å². The van der Waals surface area contributed by atoms with Crippen LogP contribution in [0.4, 0.5) is 0 Å². The first-order valence-electron chi connectivity index (χ1n) is 8.37. The molecule has 0 bridgehead atoms. The molecular formula is C19H24N4O. The maximum Gasteiger partial charge on any atom is 0.257 e. The van der Waals surface area contributed by atoms with Gasteiger partial charge in [0.15, 0.2) is 0 Å². The number of hydrogen-bond donors (Lipinski definition) is 0. The molecule has 0 N–H and O–H groups in total. The Bertz CT molecular complexity index is 712. The fourth-order valence-corrected chi connectivity index (χ4v) is 3.02. The minimum atomic E-state index is 0.0973. The lowest BCUT2D eigenvalue weighted by atomic mass is 10.2. The Hall–Kier alpha value is -2.40. The van der Waals surface area contributed by atoms with Crippen molar-refractivity contribution in [2.75, 3.05) is 32.7 Å². The smallest absolute Gasteiger partial charge is 0.257 e. The van der Waals surface area contributed by atoms with Crippen LogP contribution in [0.5, 0.6) is 0 Å². The Balaban J connectivity index is 1.50. The standard InChI is InChI=1S/C19H24N4O/c1-16-18(15-21(2)20-16)19(24)23-13-11-22(12-14-23)10-6-9-17-7-4-3-5-8-17/h3-9,15H,10-14H2,1-2H3/b9-6+. The van der Waals surface area contributed by atoms with Crippen molar-refractivity contribution in [1.29, 1.82) is 0 Å². The van der Waals surface area contributed by atoms with E-state index in [1.165, 1.54) is 5.56 Å². The molecule has 126 valence electrons. The average Bonchev–Trinajstić information content (AvgIpc) is 2.94. The summed E-state index contributed by atoms with van der Waals surface area (Å²) in [5, 5.41) is 4.26. The molecule has 24 heavy (non-hydrogen) atoms. The summed E-state index contributed by atoms with van der Waals surface area (Å²) in [4.78, 5) is 16.9. The number of amides is 1. The number of carbonyl (C=O) groups is 1. The van der Waals surface area contributed by atoms with Crippen LogP contribution in [0.2, 0.25) is 0 Å². The zero-order chi connectivity index (χ0) is 16.9. The van der Waals surface area contributed by atoms with Crippen LogP contribution in [-0.2, 0) is 7.05 Å². The lowest BCUT2D eigenvalue weighted by molar-refractivity contribution is 0.0649. The van der Waals surface area contributed by atoms with Crippen molar-refractivity contribution in [3.8, 4) is 0 Å². The first kappa shape index (κ1) is 16.5. The van der Waals surface area contributed by atoms with E-state index in [2.05, 4.69) is 34.3 Å². The molecule has 3 rings (SSSR count). The second-order valence-corrected chi connectivity index (χ2v) is 6.21. The number of aryl methyl sites for hydroxylation is 2. The van der Waals surface area contributed by atoms with Crippen molar-refractivity contribution >= 4 is 12.0 Å². The van der Waals surface area contributed by atoms with Crippen LogP contribution in [0.15, 0.2) is 42.6 Å². The molecule has 0 aliphatic carbocycles. The van der Waals surface area contributed by atoms with Gasteiger partial charge >= 0.3 is 0 Å². The van der Waals surface area contributed by atoms with Gasteiger partial charge in [-0.2, -0.15) is 5.10 Å². The Kier molecular flexibility index (Phi) is 5.11. The topological polar surface area (TPSA) is 41.4 Å². The second-order valence-electron chi connectivity index (χ2n) is 6.21. The number of carbonyl (C=O) groups excluding carboxylic acids is 1. The van der Waals surface area contributed by atoms with Crippen molar-refractivity contribution in [2.24, 2.45) is 7.05 Å². The van der Waals surface area contributed by atoms with Gasteiger partial charge in [0, 0.05) is 46.0 Å². The van der Waals surface area contributed by atoms with Gasteiger partial charge in [0.05, 0.1) is 11.3 Å². The zero-order valence-electron chi connectivity index (χ0n) is 14.4. The summed E-state index contributed by atoms with van der Waals surface area (Å²) in [5.41, 5.74) is 2.74. The Morgan fingerprint density at radius 2 is 1.88 bits per heavy atom. The quantitative estimate of drug-likeness (QED) is 0.866. The number of rotatable bonds is 4. The molecule has 1 amide bonds. The van der Waals surface area contributed by atoms with E-state index in [0.29, 0.717) is 0 Å². The first-order valence-corrected chi connectivity index (χ1v) is 8.37. The minimum Gasteiger partial charge on any atom is -0.336 e. The minimum absolute atomic E-state index is 0.0973. The van der Waals surface area contributed by atoms with E-state index < -0.39 is 0 Å². The third-order valence-electron chi connectivity index (χ3n) is 4.38. The van der Waals surface area contributed by atoms with Crippen LogP contribution < -0.4 is 0 Å². The molecule has 5 heteroatoms. The summed E-state index contributed by atoms with van der Waals surface area (Å²) in [6, 6.07) is 10.3. The summed E-state index contributed by atoms with van der Waals surface area (Å²) >= 11 is 0. The number of nitrogens with zero attached hydrogens (tertiary/aromatic N) is 4. The molecule has 1 aliphatic rings. The molecule has 5 nitrogen and oxygen atoms in total.